The molecule has 2 aromatic rings. The van der Waals surface area contributed by atoms with Gasteiger partial charge in [0, 0.05) is 5.69 Å². The molecular formula is C16H19N. The average Bonchev–Trinajstić information content (AvgIpc) is 2.41. The van der Waals surface area contributed by atoms with Gasteiger partial charge in [-0.15, -0.1) is 0 Å². The van der Waals surface area contributed by atoms with E-state index in [4.69, 9.17) is 0 Å². The molecule has 0 heterocycles. The van der Waals surface area contributed by atoms with Gasteiger partial charge >= 0.3 is 0 Å². The summed E-state index contributed by atoms with van der Waals surface area (Å²) in [6.07, 6.45) is 1.05. The van der Waals surface area contributed by atoms with Crippen LogP contribution in [0.1, 0.15) is 25.8 Å². The van der Waals surface area contributed by atoms with Crippen molar-refractivity contribution in [2.75, 3.05) is 5.32 Å². The highest BCUT2D eigenvalue weighted by Crippen LogP contribution is 2.28. The van der Waals surface area contributed by atoms with Gasteiger partial charge in [-0.05, 0) is 31.0 Å². The van der Waals surface area contributed by atoms with E-state index in [1.807, 2.05) is 6.07 Å². The summed E-state index contributed by atoms with van der Waals surface area (Å²) in [4.78, 5) is 0. The Morgan fingerprint density at radius 2 is 1.41 bits per heavy atom. The van der Waals surface area contributed by atoms with Crippen LogP contribution in [0, 0.1) is 0 Å². The Labute approximate surface area is 103 Å². The van der Waals surface area contributed by atoms with Crippen molar-refractivity contribution in [1.29, 1.82) is 0 Å². The number of rotatable bonds is 4. The van der Waals surface area contributed by atoms with Gasteiger partial charge in [-0.1, -0.05) is 55.5 Å². The zero-order valence-electron chi connectivity index (χ0n) is 10.5. The van der Waals surface area contributed by atoms with Crippen LogP contribution < -0.4 is 5.32 Å². The first-order chi connectivity index (χ1) is 8.24. The smallest absolute Gasteiger partial charge is 0.0594 e. The van der Waals surface area contributed by atoms with E-state index >= 15 is 0 Å². The highest BCUT2D eigenvalue weighted by atomic mass is 15.0. The van der Waals surface area contributed by atoms with E-state index in [0.717, 1.165) is 6.42 Å². The highest BCUT2D eigenvalue weighted by Gasteiger charge is 2.23. The van der Waals surface area contributed by atoms with Crippen molar-refractivity contribution >= 4 is 5.69 Å². The molecule has 2 rings (SSSR count). The zero-order chi connectivity index (χ0) is 12.1. The number of anilines is 1. The van der Waals surface area contributed by atoms with E-state index in [1.165, 1.54) is 11.3 Å². The predicted octanol–water partition coefficient (Wildman–Crippen LogP) is 4.42. The average molecular weight is 225 g/mol. The number of hydrogen-bond acceptors (Lipinski definition) is 1. The minimum Gasteiger partial charge on any atom is -0.376 e. The van der Waals surface area contributed by atoms with E-state index in [2.05, 4.69) is 73.8 Å². The van der Waals surface area contributed by atoms with Gasteiger partial charge in [0.1, 0.15) is 0 Å². The molecule has 88 valence electrons. The summed E-state index contributed by atoms with van der Waals surface area (Å²) in [6.45, 7) is 4.46. The molecule has 0 aromatic heterocycles. The third kappa shape index (κ3) is 2.68. The van der Waals surface area contributed by atoms with Crippen molar-refractivity contribution < 1.29 is 0 Å². The van der Waals surface area contributed by atoms with Crippen LogP contribution in [-0.2, 0) is 5.54 Å². The van der Waals surface area contributed by atoms with E-state index in [-0.39, 0.29) is 5.54 Å². The second-order valence-corrected chi connectivity index (χ2v) is 4.54. The maximum absolute atomic E-state index is 3.62. The normalized spacial score (nSPS) is 14.0. The van der Waals surface area contributed by atoms with Crippen LogP contribution in [0.4, 0.5) is 5.69 Å². The third-order valence-electron chi connectivity index (χ3n) is 3.31. The molecule has 0 saturated heterocycles. The van der Waals surface area contributed by atoms with Gasteiger partial charge in [-0.3, -0.25) is 0 Å². The van der Waals surface area contributed by atoms with Crippen molar-refractivity contribution in [3.8, 4) is 0 Å². The quantitative estimate of drug-likeness (QED) is 0.812. The fraction of sp³-hybridized carbons (Fsp3) is 0.250. The first-order valence-corrected chi connectivity index (χ1v) is 6.13. The summed E-state index contributed by atoms with van der Waals surface area (Å²) < 4.78 is 0. The molecule has 1 nitrogen and oxygen atoms in total. The van der Waals surface area contributed by atoms with E-state index in [0.29, 0.717) is 0 Å². The molecule has 17 heavy (non-hydrogen) atoms. The Morgan fingerprint density at radius 1 is 0.882 bits per heavy atom. The Bertz CT molecular complexity index is 449. The standard InChI is InChI=1S/C16H19N/c1-3-16(2,14-10-6-4-7-11-14)17-15-12-8-5-9-13-15/h4-13,17H,3H2,1-2H3. The lowest BCUT2D eigenvalue weighted by atomic mass is 9.89. The Balaban J connectivity index is 2.27. The molecule has 0 radical (unpaired) electrons. The van der Waals surface area contributed by atoms with Crippen LogP contribution in [0.2, 0.25) is 0 Å². The van der Waals surface area contributed by atoms with Crippen molar-refractivity contribution in [1.82, 2.24) is 0 Å². The molecule has 0 bridgehead atoms. The van der Waals surface area contributed by atoms with Gasteiger partial charge in [-0.25, -0.2) is 0 Å². The van der Waals surface area contributed by atoms with Crippen molar-refractivity contribution in [2.24, 2.45) is 0 Å². The Kier molecular flexibility index (Phi) is 3.48. The molecule has 0 amide bonds. The molecule has 1 heteroatoms. The number of nitrogens with one attached hydrogen (secondary N) is 1. The van der Waals surface area contributed by atoms with Crippen LogP contribution >= 0.6 is 0 Å². The predicted molar refractivity (Wildman–Crippen MR) is 74.1 cm³/mol. The summed E-state index contributed by atoms with van der Waals surface area (Å²) in [5.74, 6) is 0. The fourth-order valence-corrected chi connectivity index (χ4v) is 2.01. The van der Waals surface area contributed by atoms with Crippen LogP contribution in [-0.4, -0.2) is 0 Å². The van der Waals surface area contributed by atoms with E-state index in [9.17, 15) is 0 Å². The van der Waals surface area contributed by atoms with Gasteiger partial charge in [0.05, 0.1) is 5.54 Å². The maximum Gasteiger partial charge on any atom is 0.0594 e. The minimum absolute atomic E-state index is 0.0113. The fourth-order valence-electron chi connectivity index (χ4n) is 2.01. The van der Waals surface area contributed by atoms with Gasteiger partial charge in [-0.2, -0.15) is 0 Å². The van der Waals surface area contributed by atoms with Crippen molar-refractivity contribution in [2.45, 2.75) is 25.8 Å². The monoisotopic (exact) mass is 225 g/mol. The molecule has 0 aliphatic carbocycles. The van der Waals surface area contributed by atoms with E-state index < -0.39 is 0 Å². The molecule has 1 unspecified atom stereocenters. The Hall–Kier alpha value is -1.76. The summed E-state index contributed by atoms with van der Waals surface area (Å²) in [7, 11) is 0. The maximum atomic E-state index is 3.62. The minimum atomic E-state index is -0.0113. The summed E-state index contributed by atoms with van der Waals surface area (Å²) >= 11 is 0. The topological polar surface area (TPSA) is 12.0 Å². The molecule has 0 fully saturated rings. The molecule has 0 spiro atoms. The number of benzene rings is 2. The second-order valence-electron chi connectivity index (χ2n) is 4.54. The molecular weight excluding hydrogens is 206 g/mol. The van der Waals surface area contributed by atoms with Crippen LogP contribution in [0.3, 0.4) is 0 Å². The van der Waals surface area contributed by atoms with Crippen LogP contribution in [0.5, 0.6) is 0 Å². The summed E-state index contributed by atoms with van der Waals surface area (Å²) in [5.41, 5.74) is 2.48. The van der Waals surface area contributed by atoms with Gasteiger partial charge in [0.15, 0.2) is 0 Å². The third-order valence-corrected chi connectivity index (χ3v) is 3.31. The van der Waals surface area contributed by atoms with E-state index in [1.54, 1.807) is 0 Å². The van der Waals surface area contributed by atoms with Gasteiger partial charge in [0.25, 0.3) is 0 Å². The second kappa shape index (κ2) is 5.05. The molecule has 1 atom stereocenters. The SMILES string of the molecule is CCC(C)(Nc1ccccc1)c1ccccc1. The van der Waals surface area contributed by atoms with Gasteiger partial charge < -0.3 is 5.32 Å². The van der Waals surface area contributed by atoms with Crippen molar-refractivity contribution in [3.63, 3.8) is 0 Å². The molecule has 1 N–H and O–H groups in total. The lowest BCUT2D eigenvalue weighted by Gasteiger charge is -2.31. The zero-order valence-corrected chi connectivity index (χ0v) is 10.5. The summed E-state index contributed by atoms with van der Waals surface area (Å²) in [6, 6.07) is 21.0. The largest absolute Gasteiger partial charge is 0.376 e. The number of hydrogen-bond donors (Lipinski definition) is 1. The molecule has 0 saturated carbocycles. The first-order valence-electron chi connectivity index (χ1n) is 6.13. The first kappa shape index (κ1) is 11.7. The van der Waals surface area contributed by atoms with Crippen molar-refractivity contribution in [3.05, 3.63) is 66.2 Å². The van der Waals surface area contributed by atoms with Crippen LogP contribution in [0.25, 0.3) is 0 Å². The van der Waals surface area contributed by atoms with Crippen LogP contribution in [0.15, 0.2) is 60.7 Å². The van der Waals surface area contributed by atoms with Gasteiger partial charge in [0.2, 0.25) is 0 Å². The lowest BCUT2D eigenvalue weighted by Crippen LogP contribution is -2.30. The Morgan fingerprint density at radius 3 is 1.94 bits per heavy atom. The molecule has 0 aliphatic rings. The molecule has 0 aliphatic heterocycles. The number of para-hydroxylation sites is 1. The summed E-state index contributed by atoms with van der Waals surface area (Å²) in [5, 5.41) is 3.62. The highest BCUT2D eigenvalue weighted by molar-refractivity contribution is 5.47. The lowest BCUT2D eigenvalue weighted by molar-refractivity contribution is 0.523. The molecule has 2 aromatic carbocycles.